The number of sulfonamides is 1. The third-order valence-corrected chi connectivity index (χ3v) is 3.73. The zero-order valence-electron chi connectivity index (χ0n) is 10.2. The fourth-order valence-corrected chi connectivity index (χ4v) is 2.95. The molecule has 0 spiro atoms. The highest BCUT2D eigenvalue weighted by atomic mass is 32.2. The SMILES string of the molecule is CC(C)CS(=O)(=O)Nc1ccc(F)cc1C(=N)N. The van der Waals surface area contributed by atoms with E-state index in [4.69, 9.17) is 11.1 Å². The summed E-state index contributed by atoms with van der Waals surface area (Å²) in [5.41, 5.74) is 5.43. The van der Waals surface area contributed by atoms with Gasteiger partial charge in [-0.25, -0.2) is 12.8 Å². The van der Waals surface area contributed by atoms with E-state index in [0.717, 1.165) is 12.1 Å². The van der Waals surface area contributed by atoms with Crippen LogP contribution in [0.2, 0.25) is 0 Å². The summed E-state index contributed by atoms with van der Waals surface area (Å²) < 4.78 is 38.8. The number of hydrogen-bond acceptors (Lipinski definition) is 3. The van der Waals surface area contributed by atoms with Crippen LogP contribution in [0.25, 0.3) is 0 Å². The molecular weight excluding hydrogens is 257 g/mol. The Bertz CT molecular complexity index is 555. The van der Waals surface area contributed by atoms with E-state index in [1.54, 1.807) is 13.8 Å². The Balaban J connectivity index is 3.08. The molecule has 1 rings (SSSR count). The zero-order chi connectivity index (χ0) is 13.9. The Morgan fingerprint density at radius 2 is 2.11 bits per heavy atom. The predicted octanol–water partition coefficient (Wildman–Crippen LogP) is 1.51. The van der Waals surface area contributed by atoms with E-state index in [1.807, 2.05) is 0 Å². The highest BCUT2D eigenvalue weighted by molar-refractivity contribution is 7.92. The first kappa shape index (κ1) is 14.4. The van der Waals surface area contributed by atoms with Crippen LogP contribution in [0, 0.1) is 17.1 Å². The summed E-state index contributed by atoms with van der Waals surface area (Å²) in [4.78, 5) is 0. The summed E-state index contributed by atoms with van der Waals surface area (Å²) in [5, 5.41) is 7.30. The van der Waals surface area contributed by atoms with Gasteiger partial charge in [-0.15, -0.1) is 0 Å². The molecule has 0 aliphatic carbocycles. The van der Waals surface area contributed by atoms with E-state index in [9.17, 15) is 12.8 Å². The summed E-state index contributed by atoms with van der Waals surface area (Å²) in [6.45, 7) is 3.55. The van der Waals surface area contributed by atoms with Crippen LogP contribution in [0.1, 0.15) is 19.4 Å². The molecule has 1 aromatic rings. The Morgan fingerprint density at radius 1 is 1.50 bits per heavy atom. The Labute approximate surface area is 106 Å². The van der Waals surface area contributed by atoms with E-state index in [1.165, 1.54) is 6.07 Å². The number of amidine groups is 1. The van der Waals surface area contributed by atoms with Gasteiger partial charge in [0, 0.05) is 5.56 Å². The van der Waals surface area contributed by atoms with Gasteiger partial charge in [0.25, 0.3) is 0 Å². The molecule has 0 saturated heterocycles. The Kier molecular flexibility index (Phi) is 4.28. The second-order valence-electron chi connectivity index (χ2n) is 4.38. The lowest BCUT2D eigenvalue weighted by Gasteiger charge is -2.13. The van der Waals surface area contributed by atoms with Crippen molar-refractivity contribution in [3.8, 4) is 0 Å². The van der Waals surface area contributed by atoms with Gasteiger partial charge >= 0.3 is 0 Å². The number of nitrogens with one attached hydrogen (secondary N) is 2. The molecule has 5 nitrogen and oxygen atoms in total. The smallest absolute Gasteiger partial charge is 0.232 e. The van der Waals surface area contributed by atoms with E-state index < -0.39 is 21.7 Å². The number of nitrogens with two attached hydrogens (primary N) is 1. The minimum Gasteiger partial charge on any atom is -0.384 e. The number of benzene rings is 1. The molecule has 0 atom stereocenters. The highest BCUT2D eigenvalue weighted by Crippen LogP contribution is 2.18. The molecule has 100 valence electrons. The fraction of sp³-hybridized carbons (Fsp3) is 0.364. The molecule has 7 heteroatoms. The van der Waals surface area contributed by atoms with Crippen LogP contribution in [0.15, 0.2) is 18.2 Å². The molecule has 0 heterocycles. The molecule has 0 aliphatic heterocycles. The summed E-state index contributed by atoms with van der Waals surface area (Å²) >= 11 is 0. The Morgan fingerprint density at radius 3 is 2.61 bits per heavy atom. The van der Waals surface area contributed by atoms with Gasteiger partial charge in [0.1, 0.15) is 11.7 Å². The lowest BCUT2D eigenvalue weighted by molar-refractivity contribution is 0.587. The van der Waals surface area contributed by atoms with Crippen molar-refractivity contribution in [1.82, 2.24) is 0 Å². The maximum Gasteiger partial charge on any atom is 0.232 e. The molecule has 0 bridgehead atoms. The first-order chi connectivity index (χ1) is 8.21. The van der Waals surface area contributed by atoms with Crippen LogP contribution in [-0.2, 0) is 10.0 Å². The van der Waals surface area contributed by atoms with Gasteiger partial charge in [-0.3, -0.25) is 10.1 Å². The average Bonchev–Trinajstić information content (AvgIpc) is 2.18. The summed E-state index contributed by atoms with van der Waals surface area (Å²) in [5.74, 6) is -1.06. The fourth-order valence-electron chi connectivity index (χ4n) is 1.48. The standard InChI is InChI=1S/C11H16FN3O2S/c1-7(2)6-18(16,17)15-10-4-3-8(12)5-9(10)11(13)14/h3-5,7,15H,6H2,1-2H3,(H3,13,14). The normalized spacial score (nSPS) is 11.6. The molecule has 18 heavy (non-hydrogen) atoms. The molecule has 0 fully saturated rings. The number of anilines is 1. The number of nitrogen functional groups attached to an aromatic ring is 1. The Hall–Kier alpha value is -1.63. The second-order valence-corrected chi connectivity index (χ2v) is 6.15. The first-order valence-electron chi connectivity index (χ1n) is 5.35. The maximum atomic E-state index is 13.0. The molecule has 1 aromatic carbocycles. The highest BCUT2D eigenvalue weighted by Gasteiger charge is 2.16. The minimum absolute atomic E-state index is 0.0299. The van der Waals surface area contributed by atoms with Crippen LogP contribution in [-0.4, -0.2) is 20.0 Å². The summed E-state index contributed by atoms with van der Waals surface area (Å²) in [7, 11) is -3.53. The number of rotatable bonds is 5. The third-order valence-electron chi connectivity index (χ3n) is 2.09. The van der Waals surface area contributed by atoms with E-state index in [2.05, 4.69) is 4.72 Å². The predicted molar refractivity (Wildman–Crippen MR) is 69.7 cm³/mol. The second kappa shape index (κ2) is 5.34. The molecule has 0 unspecified atom stereocenters. The molecule has 0 amide bonds. The van der Waals surface area contributed by atoms with Crippen LogP contribution >= 0.6 is 0 Å². The van der Waals surface area contributed by atoms with Crippen molar-refractivity contribution in [2.24, 2.45) is 11.7 Å². The molecule has 4 N–H and O–H groups in total. The van der Waals surface area contributed by atoms with Gasteiger partial charge in [0.15, 0.2) is 0 Å². The van der Waals surface area contributed by atoms with Crippen LogP contribution in [0.4, 0.5) is 10.1 Å². The largest absolute Gasteiger partial charge is 0.384 e. The van der Waals surface area contributed by atoms with Crippen molar-refractivity contribution in [3.63, 3.8) is 0 Å². The average molecular weight is 273 g/mol. The van der Waals surface area contributed by atoms with E-state index in [-0.39, 0.29) is 22.9 Å². The summed E-state index contributed by atoms with van der Waals surface area (Å²) in [6, 6.07) is 3.39. The molecule has 0 aliphatic rings. The van der Waals surface area contributed by atoms with E-state index >= 15 is 0 Å². The van der Waals surface area contributed by atoms with Crippen molar-refractivity contribution < 1.29 is 12.8 Å². The van der Waals surface area contributed by atoms with Crippen LogP contribution < -0.4 is 10.5 Å². The van der Waals surface area contributed by atoms with Crippen molar-refractivity contribution in [1.29, 1.82) is 5.41 Å². The van der Waals surface area contributed by atoms with Gasteiger partial charge in [0.2, 0.25) is 10.0 Å². The third kappa shape index (κ3) is 3.99. The summed E-state index contributed by atoms with van der Waals surface area (Å²) in [6.07, 6.45) is 0. The lowest BCUT2D eigenvalue weighted by Crippen LogP contribution is -2.23. The molecule has 0 aromatic heterocycles. The van der Waals surface area contributed by atoms with Gasteiger partial charge < -0.3 is 5.73 Å². The molecule has 0 saturated carbocycles. The van der Waals surface area contributed by atoms with Gasteiger partial charge in [-0.2, -0.15) is 0 Å². The van der Waals surface area contributed by atoms with Crippen LogP contribution in [0.3, 0.4) is 0 Å². The maximum absolute atomic E-state index is 13.0. The van der Waals surface area contributed by atoms with Gasteiger partial charge in [-0.1, -0.05) is 13.8 Å². The first-order valence-corrected chi connectivity index (χ1v) is 7.01. The van der Waals surface area contributed by atoms with E-state index in [0.29, 0.717) is 0 Å². The van der Waals surface area contributed by atoms with Crippen molar-refractivity contribution in [2.75, 3.05) is 10.5 Å². The molecular formula is C11H16FN3O2S. The topological polar surface area (TPSA) is 96.0 Å². The quantitative estimate of drug-likeness (QED) is 0.560. The van der Waals surface area contributed by atoms with Crippen molar-refractivity contribution >= 4 is 21.5 Å². The van der Waals surface area contributed by atoms with Crippen LogP contribution in [0.5, 0.6) is 0 Å². The van der Waals surface area contributed by atoms with Gasteiger partial charge in [-0.05, 0) is 24.1 Å². The van der Waals surface area contributed by atoms with Crippen molar-refractivity contribution in [2.45, 2.75) is 13.8 Å². The monoisotopic (exact) mass is 273 g/mol. The lowest BCUT2D eigenvalue weighted by atomic mass is 10.1. The van der Waals surface area contributed by atoms with Gasteiger partial charge in [0.05, 0.1) is 11.4 Å². The number of halogens is 1. The molecule has 0 radical (unpaired) electrons. The number of hydrogen-bond donors (Lipinski definition) is 3. The zero-order valence-corrected chi connectivity index (χ0v) is 11.0. The minimum atomic E-state index is -3.53. The van der Waals surface area contributed by atoms with Crippen molar-refractivity contribution in [3.05, 3.63) is 29.6 Å².